The van der Waals surface area contributed by atoms with Crippen LogP contribution in [-0.2, 0) is 4.79 Å². The molecule has 0 saturated carbocycles. The van der Waals surface area contributed by atoms with Crippen LogP contribution in [0.2, 0.25) is 5.02 Å². The lowest BCUT2D eigenvalue weighted by Gasteiger charge is -2.05. The number of aromatic amines is 1. The van der Waals surface area contributed by atoms with Crippen molar-refractivity contribution in [2.45, 2.75) is 47.7 Å². The van der Waals surface area contributed by atoms with Crippen LogP contribution in [0.15, 0.2) is 30.7 Å². The lowest BCUT2D eigenvalue weighted by Crippen LogP contribution is -2.27. The Labute approximate surface area is 197 Å². The van der Waals surface area contributed by atoms with Crippen LogP contribution in [0.3, 0.4) is 0 Å². The van der Waals surface area contributed by atoms with Crippen LogP contribution < -0.4 is 11.1 Å². The Balaban J connectivity index is 0.000000539. The Hall–Kier alpha value is -2.88. The molecule has 3 aromatic rings. The number of amides is 1. The van der Waals surface area contributed by atoms with Gasteiger partial charge >= 0.3 is 6.18 Å². The summed E-state index contributed by atoms with van der Waals surface area (Å²) in [5, 5.41) is 2.93. The second kappa shape index (κ2) is 15.0. The van der Waals surface area contributed by atoms with Crippen molar-refractivity contribution in [1.82, 2.24) is 25.3 Å². The van der Waals surface area contributed by atoms with E-state index in [0.717, 1.165) is 28.4 Å². The number of hydrogen-bond acceptors (Lipinski definition) is 5. The topological polar surface area (TPSA) is 110 Å². The molecule has 0 radical (unpaired) electrons. The van der Waals surface area contributed by atoms with E-state index in [1.54, 1.807) is 24.7 Å². The van der Waals surface area contributed by atoms with Gasteiger partial charge in [-0.25, -0.2) is 15.0 Å². The van der Waals surface area contributed by atoms with Crippen molar-refractivity contribution in [3.63, 3.8) is 0 Å². The number of aromatic nitrogens is 4. The van der Waals surface area contributed by atoms with Gasteiger partial charge in [-0.2, -0.15) is 13.2 Å². The van der Waals surface area contributed by atoms with E-state index in [0.29, 0.717) is 16.7 Å². The SMILES string of the molecule is CC.CC(C)C(C)C.Nc1ccnc(-c2c[nH]c3ncc(Cl)cc23)n1.O=CNCC(F)(F)F. The van der Waals surface area contributed by atoms with E-state index in [2.05, 4.69) is 47.6 Å². The number of rotatable bonds is 4. The zero-order chi connectivity index (χ0) is 25.6. The first-order valence-electron chi connectivity index (χ1n) is 10.4. The third-order valence-corrected chi connectivity index (χ3v) is 4.34. The maximum absolute atomic E-state index is 11.0. The van der Waals surface area contributed by atoms with Gasteiger partial charge in [0, 0.05) is 29.5 Å². The molecular formula is C22H32ClF3N6O. The molecule has 184 valence electrons. The zero-order valence-electron chi connectivity index (χ0n) is 19.7. The molecule has 0 saturated heterocycles. The van der Waals surface area contributed by atoms with Gasteiger partial charge in [-0.05, 0) is 24.0 Å². The highest BCUT2D eigenvalue weighted by Crippen LogP contribution is 2.27. The number of anilines is 1. The number of H-pyrrole nitrogens is 1. The maximum atomic E-state index is 11.0. The quantitative estimate of drug-likeness (QED) is 0.397. The molecule has 1 amide bonds. The Bertz CT molecular complexity index is 955. The predicted octanol–water partition coefficient (Wildman–Crippen LogP) is 5.87. The largest absolute Gasteiger partial charge is 0.405 e. The fourth-order valence-electron chi connectivity index (χ4n) is 1.82. The predicted molar refractivity (Wildman–Crippen MR) is 128 cm³/mol. The molecule has 0 aliphatic rings. The lowest BCUT2D eigenvalue weighted by atomic mass is 10.0. The summed E-state index contributed by atoms with van der Waals surface area (Å²) in [4.78, 5) is 24.8. The molecule has 7 nitrogen and oxygen atoms in total. The molecule has 0 aliphatic carbocycles. The minimum absolute atomic E-state index is 0.00743. The summed E-state index contributed by atoms with van der Waals surface area (Å²) in [7, 11) is 0. The molecule has 3 heterocycles. The molecule has 0 fully saturated rings. The average Bonchev–Trinajstić information content (AvgIpc) is 3.17. The van der Waals surface area contributed by atoms with E-state index in [4.69, 9.17) is 17.3 Å². The second-order valence-electron chi connectivity index (χ2n) is 7.16. The fraction of sp³-hybridized carbons (Fsp3) is 0.455. The zero-order valence-corrected chi connectivity index (χ0v) is 20.4. The summed E-state index contributed by atoms with van der Waals surface area (Å²) in [5.74, 6) is 2.69. The van der Waals surface area contributed by atoms with Crippen molar-refractivity contribution in [1.29, 1.82) is 0 Å². The highest BCUT2D eigenvalue weighted by molar-refractivity contribution is 6.31. The molecule has 0 bridgehead atoms. The van der Waals surface area contributed by atoms with Crippen molar-refractivity contribution in [3.8, 4) is 11.4 Å². The first kappa shape index (κ1) is 30.1. The summed E-state index contributed by atoms with van der Waals surface area (Å²) in [6.45, 7) is 11.7. The molecule has 4 N–H and O–H groups in total. The third-order valence-electron chi connectivity index (χ3n) is 4.13. The van der Waals surface area contributed by atoms with Gasteiger partial charge < -0.3 is 16.0 Å². The Morgan fingerprint density at radius 1 is 1.18 bits per heavy atom. The van der Waals surface area contributed by atoms with Crippen molar-refractivity contribution >= 4 is 34.9 Å². The van der Waals surface area contributed by atoms with Gasteiger partial charge in [0.05, 0.1) is 5.02 Å². The number of fused-ring (bicyclic) bond motifs is 1. The van der Waals surface area contributed by atoms with Gasteiger partial charge in [0.15, 0.2) is 5.82 Å². The smallest absolute Gasteiger partial charge is 0.384 e. The molecule has 3 aromatic heterocycles. The second-order valence-corrected chi connectivity index (χ2v) is 7.60. The van der Waals surface area contributed by atoms with Crippen LogP contribution >= 0.6 is 11.6 Å². The summed E-state index contributed by atoms with van der Waals surface area (Å²) >= 11 is 5.92. The minimum atomic E-state index is -4.29. The number of nitrogens with zero attached hydrogens (tertiary/aromatic N) is 3. The van der Waals surface area contributed by atoms with Gasteiger partial charge in [0.2, 0.25) is 6.41 Å². The van der Waals surface area contributed by atoms with Crippen LogP contribution in [0.25, 0.3) is 22.4 Å². The fourth-order valence-corrected chi connectivity index (χ4v) is 1.98. The summed E-state index contributed by atoms with van der Waals surface area (Å²) in [5.41, 5.74) is 7.22. The molecule has 11 heteroatoms. The Morgan fingerprint density at radius 2 is 1.79 bits per heavy atom. The van der Waals surface area contributed by atoms with E-state index < -0.39 is 12.7 Å². The van der Waals surface area contributed by atoms with Gasteiger partial charge in [0.25, 0.3) is 0 Å². The van der Waals surface area contributed by atoms with Crippen molar-refractivity contribution in [2.24, 2.45) is 11.8 Å². The van der Waals surface area contributed by atoms with Crippen LogP contribution in [-0.4, -0.2) is 39.1 Å². The number of nitrogens with two attached hydrogens (primary N) is 1. The van der Waals surface area contributed by atoms with Crippen LogP contribution in [0.4, 0.5) is 19.0 Å². The van der Waals surface area contributed by atoms with Crippen LogP contribution in [0.5, 0.6) is 0 Å². The number of carbonyl (C=O) groups is 1. The Morgan fingerprint density at radius 3 is 2.24 bits per heavy atom. The van der Waals surface area contributed by atoms with E-state index in [1.807, 2.05) is 19.9 Å². The lowest BCUT2D eigenvalue weighted by molar-refractivity contribution is -0.132. The molecule has 0 aromatic carbocycles. The van der Waals surface area contributed by atoms with Crippen LogP contribution in [0, 0.1) is 11.8 Å². The van der Waals surface area contributed by atoms with Crippen molar-refractivity contribution in [3.05, 3.63) is 35.7 Å². The average molecular weight is 489 g/mol. The number of nitrogen functional groups attached to an aromatic ring is 1. The first-order valence-corrected chi connectivity index (χ1v) is 10.8. The van der Waals surface area contributed by atoms with Gasteiger partial charge in [-0.1, -0.05) is 53.1 Å². The summed E-state index contributed by atoms with van der Waals surface area (Å²) in [6, 6.07) is 3.46. The molecule has 0 spiro atoms. The van der Waals surface area contributed by atoms with E-state index in [1.165, 1.54) is 5.32 Å². The highest BCUT2D eigenvalue weighted by Gasteiger charge is 2.25. The highest BCUT2D eigenvalue weighted by atomic mass is 35.5. The van der Waals surface area contributed by atoms with Crippen molar-refractivity contribution in [2.75, 3.05) is 12.3 Å². The van der Waals surface area contributed by atoms with Gasteiger partial charge in [-0.3, -0.25) is 4.79 Å². The standard InChI is InChI=1S/C11H8ClN5.C6H14.C3H4F3NO.C2H6/c12-6-3-7-8(5-16-10(7)15-4-6)11-14-2-1-9(13)17-11;1-5(2)6(3)4;4-3(5,6)1-7-2-8;1-2/h1-5H,(H,15,16)(H2,13,14,17);5-6H,1-4H3;2H,1H2,(H,7,8);1-2H3. The molecule has 0 aliphatic heterocycles. The maximum Gasteiger partial charge on any atom is 0.405 e. The van der Waals surface area contributed by atoms with Crippen molar-refractivity contribution < 1.29 is 18.0 Å². The number of hydrogen-bond donors (Lipinski definition) is 3. The summed E-state index contributed by atoms with van der Waals surface area (Å²) in [6.07, 6.45) is 0.718. The normalized spacial score (nSPS) is 10.4. The molecule has 3 rings (SSSR count). The molecule has 0 atom stereocenters. The monoisotopic (exact) mass is 488 g/mol. The summed E-state index contributed by atoms with van der Waals surface area (Å²) < 4.78 is 33.1. The van der Waals surface area contributed by atoms with E-state index >= 15 is 0 Å². The number of alkyl halides is 3. The number of carbonyl (C=O) groups excluding carboxylic acids is 1. The van der Waals surface area contributed by atoms with E-state index in [9.17, 15) is 18.0 Å². The molecule has 33 heavy (non-hydrogen) atoms. The number of pyridine rings is 1. The minimum Gasteiger partial charge on any atom is -0.384 e. The molecular weight excluding hydrogens is 457 g/mol. The van der Waals surface area contributed by atoms with Gasteiger partial charge in [-0.15, -0.1) is 0 Å². The Kier molecular flexibility index (Phi) is 13.7. The van der Waals surface area contributed by atoms with E-state index in [-0.39, 0.29) is 6.41 Å². The third kappa shape index (κ3) is 12.1. The number of halogens is 4. The van der Waals surface area contributed by atoms with Gasteiger partial charge in [0.1, 0.15) is 18.0 Å². The molecule has 0 unspecified atom stereocenters. The van der Waals surface area contributed by atoms with Crippen LogP contribution in [0.1, 0.15) is 41.5 Å². The first-order chi connectivity index (χ1) is 15.4. The number of nitrogens with one attached hydrogen (secondary N) is 2.